The lowest BCUT2D eigenvalue weighted by molar-refractivity contribution is 0.0943. The number of aliphatic hydroxyl groups excluding tert-OH is 2. The predicted octanol–water partition coefficient (Wildman–Crippen LogP) is 0.853. The summed E-state index contributed by atoms with van der Waals surface area (Å²) in [5.74, 6) is 0.696. The molecule has 1 aromatic heterocycles. The van der Waals surface area contributed by atoms with E-state index in [0.717, 1.165) is 6.54 Å². The molecule has 3 N–H and O–H groups in total. The molecule has 5 heteroatoms. The fourth-order valence-corrected chi connectivity index (χ4v) is 2.73. The summed E-state index contributed by atoms with van der Waals surface area (Å²) in [5.41, 5.74) is 0. The topological polar surface area (TPSA) is 65.4 Å². The van der Waals surface area contributed by atoms with E-state index in [4.69, 9.17) is 10.2 Å². The predicted molar refractivity (Wildman–Crippen MR) is 63.5 cm³/mol. The fourth-order valence-electron chi connectivity index (χ4n) is 1.67. The van der Waals surface area contributed by atoms with Crippen LogP contribution >= 0.6 is 11.3 Å². The van der Waals surface area contributed by atoms with Crippen LogP contribution in [-0.2, 0) is 6.54 Å². The number of hydrogen-bond acceptors (Lipinski definition) is 5. The molecule has 1 aromatic rings. The van der Waals surface area contributed by atoms with E-state index in [-0.39, 0.29) is 6.61 Å². The third kappa shape index (κ3) is 3.01. The minimum Gasteiger partial charge on any atom is -0.394 e. The van der Waals surface area contributed by atoms with Gasteiger partial charge in [-0.2, -0.15) is 0 Å². The first-order valence-corrected chi connectivity index (χ1v) is 6.55. The molecule has 1 aliphatic rings. The van der Waals surface area contributed by atoms with Gasteiger partial charge in [0.25, 0.3) is 0 Å². The smallest absolute Gasteiger partial charge is 0.0959 e. The van der Waals surface area contributed by atoms with E-state index >= 15 is 0 Å². The minimum absolute atomic E-state index is 0.191. The highest BCUT2D eigenvalue weighted by molar-refractivity contribution is 7.11. The molecule has 1 fully saturated rings. The Balaban J connectivity index is 1.74. The molecule has 1 aliphatic carbocycles. The van der Waals surface area contributed by atoms with E-state index in [1.54, 1.807) is 11.3 Å². The Morgan fingerprint density at radius 3 is 3.00 bits per heavy atom. The Labute approximate surface area is 99.3 Å². The van der Waals surface area contributed by atoms with Crippen molar-refractivity contribution in [3.8, 4) is 0 Å². The van der Waals surface area contributed by atoms with Crippen molar-refractivity contribution >= 4 is 11.3 Å². The monoisotopic (exact) mass is 242 g/mol. The second kappa shape index (κ2) is 5.72. The molecule has 1 atom stereocenters. The highest BCUT2D eigenvalue weighted by atomic mass is 32.1. The number of thiazole rings is 1. The minimum atomic E-state index is -0.668. The first-order valence-electron chi connectivity index (χ1n) is 5.74. The molecule has 1 saturated carbocycles. The number of aliphatic hydroxyl groups is 2. The van der Waals surface area contributed by atoms with Crippen LogP contribution in [0.2, 0.25) is 0 Å². The van der Waals surface area contributed by atoms with Gasteiger partial charge in [0.1, 0.15) is 0 Å². The van der Waals surface area contributed by atoms with Crippen molar-refractivity contribution in [1.29, 1.82) is 0 Å². The van der Waals surface area contributed by atoms with Crippen molar-refractivity contribution < 1.29 is 10.2 Å². The second-order valence-electron chi connectivity index (χ2n) is 4.26. The molecule has 0 aliphatic heterocycles. The lowest BCUT2D eigenvalue weighted by Crippen LogP contribution is -2.28. The molecule has 0 spiro atoms. The molecule has 2 rings (SSSR count). The lowest BCUT2D eigenvalue weighted by atomic mass is 9.86. The van der Waals surface area contributed by atoms with Crippen molar-refractivity contribution in [2.24, 2.45) is 0 Å². The van der Waals surface area contributed by atoms with Gasteiger partial charge in [0.05, 0.1) is 17.7 Å². The van der Waals surface area contributed by atoms with Gasteiger partial charge >= 0.3 is 0 Å². The standard InChI is InChI=1S/C11H18N2O2S/c14-7-9(15)4-12-5-10-6-13-11(16-10)8-2-1-3-8/h6,8-9,12,14-15H,1-5,7H2. The normalized spacial score (nSPS) is 18.4. The van der Waals surface area contributed by atoms with E-state index in [1.165, 1.54) is 29.1 Å². The number of rotatable bonds is 6. The Bertz CT molecular complexity index is 326. The van der Waals surface area contributed by atoms with Crippen molar-refractivity contribution in [3.63, 3.8) is 0 Å². The molecule has 0 radical (unpaired) electrons. The lowest BCUT2D eigenvalue weighted by Gasteiger charge is -2.22. The molecule has 0 aromatic carbocycles. The van der Waals surface area contributed by atoms with Gasteiger partial charge in [-0.05, 0) is 12.8 Å². The molecule has 16 heavy (non-hydrogen) atoms. The van der Waals surface area contributed by atoms with Crippen molar-refractivity contribution in [1.82, 2.24) is 10.3 Å². The summed E-state index contributed by atoms with van der Waals surface area (Å²) >= 11 is 1.76. The van der Waals surface area contributed by atoms with Crippen molar-refractivity contribution in [2.45, 2.75) is 37.8 Å². The maximum Gasteiger partial charge on any atom is 0.0959 e. The molecule has 4 nitrogen and oxygen atoms in total. The Hall–Kier alpha value is -0.490. The molecular weight excluding hydrogens is 224 g/mol. The maximum atomic E-state index is 9.15. The summed E-state index contributed by atoms with van der Waals surface area (Å²) in [7, 11) is 0. The van der Waals surface area contributed by atoms with Crippen LogP contribution in [0, 0.1) is 0 Å². The zero-order valence-corrected chi connectivity index (χ0v) is 10.0. The van der Waals surface area contributed by atoms with Gasteiger partial charge in [-0.3, -0.25) is 0 Å². The molecule has 0 saturated heterocycles. The summed E-state index contributed by atoms with van der Waals surface area (Å²) < 4.78 is 0. The number of nitrogens with zero attached hydrogens (tertiary/aromatic N) is 1. The maximum absolute atomic E-state index is 9.15. The van der Waals surface area contributed by atoms with Crippen LogP contribution < -0.4 is 5.32 Å². The Kier molecular flexibility index (Phi) is 4.29. The van der Waals surface area contributed by atoms with E-state index in [9.17, 15) is 0 Å². The van der Waals surface area contributed by atoms with Gasteiger partial charge in [-0.1, -0.05) is 6.42 Å². The largest absolute Gasteiger partial charge is 0.394 e. The highest BCUT2D eigenvalue weighted by Gasteiger charge is 2.22. The third-order valence-electron chi connectivity index (χ3n) is 2.92. The van der Waals surface area contributed by atoms with Crippen molar-refractivity contribution in [2.75, 3.05) is 13.2 Å². The summed E-state index contributed by atoms with van der Waals surface area (Å²) in [6.07, 6.45) is 5.14. The van der Waals surface area contributed by atoms with E-state index < -0.39 is 6.10 Å². The van der Waals surface area contributed by atoms with Crippen LogP contribution in [0.1, 0.15) is 35.1 Å². The fraction of sp³-hybridized carbons (Fsp3) is 0.727. The number of aromatic nitrogens is 1. The molecular formula is C11H18N2O2S. The SMILES string of the molecule is OCC(O)CNCc1cnc(C2CCC2)s1. The summed E-state index contributed by atoms with van der Waals surface area (Å²) in [6, 6.07) is 0. The first-order chi connectivity index (χ1) is 7.79. The summed E-state index contributed by atoms with van der Waals surface area (Å²) in [4.78, 5) is 5.62. The van der Waals surface area contributed by atoms with Gasteiger partial charge < -0.3 is 15.5 Å². The second-order valence-corrected chi connectivity index (χ2v) is 5.41. The van der Waals surface area contributed by atoms with Crippen LogP contribution in [0.25, 0.3) is 0 Å². The zero-order valence-electron chi connectivity index (χ0n) is 9.22. The molecule has 0 amide bonds. The van der Waals surface area contributed by atoms with Gasteiger partial charge in [-0.25, -0.2) is 4.98 Å². The van der Waals surface area contributed by atoms with Gasteiger partial charge in [0, 0.05) is 30.1 Å². The van der Waals surface area contributed by atoms with Crippen LogP contribution in [0.3, 0.4) is 0 Å². The Morgan fingerprint density at radius 2 is 2.38 bits per heavy atom. The van der Waals surface area contributed by atoms with Gasteiger partial charge in [0.15, 0.2) is 0 Å². The van der Waals surface area contributed by atoms with E-state index in [0.29, 0.717) is 12.5 Å². The number of hydrogen-bond donors (Lipinski definition) is 3. The summed E-state index contributed by atoms with van der Waals surface area (Å²) in [6.45, 7) is 0.956. The van der Waals surface area contributed by atoms with Crippen LogP contribution in [-0.4, -0.2) is 34.5 Å². The van der Waals surface area contributed by atoms with E-state index in [1.807, 2.05) is 6.20 Å². The average Bonchev–Trinajstić information content (AvgIpc) is 2.63. The number of nitrogens with one attached hydrogen (secondary N) is 1. The first kappa shape index (κ1) is 12.0. The van der Waals surface area contributed by atoms with E-state index in [2.05, 4.69) is 10.3 Å². The third-order valence-corrected chi connectivity index (χ3v) is 4.08. The molecule has 0 bridgehead atoms. The van der Waals surface area contributed by atoms with Gasteiger partial charge in [0.2, 0.25) is 0 Å². The van der Waals surface area contributed by atoms with Crippen LogP contribution in [0.5, 0.6) is 0 Å². The quantitative estimate of drug-likeness (QED) is 0.692. The highest BCUT2D eigenvalue weighted by Crippen LogP contribution is 2.38. The summed E-state index contributed by atoms with van der Waals surface area (Å²) in [5, 5.41) is 22.2. The molecule has 1 heterocycles. The van der Waals surface area contributed by atoms with Crippen molar-refractivity contribution in [3.05, 3.63) is 16.1 Å². The molecule has 90 valence electrons. The van der Waals surface area contributed by atoms with Crippen LogP contribution in [0.4, 0.5) is 0 Å². The molecule has 1 unspecified atom stereocenters. The van der Waals surface area contributed by atoms with Gasteiger partial charge in [-0.15, -0.1) is 11.3 Å². The Morgan fingerprint density at radius 1 is 1.56 bits per heavy atom. The zero-order chi connectivity index (χ0) is 11.4. The average molecular weight is 242 g/mol. The van der Waals surface area contributed by atoms with Crippen LogP contribution in [0.15, 0.2) is 6.20 Å².